The Labute approximate surface area is 328 Å². The van der Waals surface area contributed by atoms with E-state index in [-0.39, 0.29) is 34.2 Å². The van der Waals surface area contributed by atoms with Gasteiger partial charge in [0, 0.05) is 13.2 Å². The van der Waals surface area contributed by atoms with Crippen LogP contribution in [0.25, 0.3) is 0 Å². The molecule has 0 saturated heterocycles. The standard InChI is InChI=1S/2C17H36O3.C6H14.C5H13N/c1-14(2)9-10-19-15(16(3,4)5)13-18-11-12-20-17(6,7)8;1-14(2)9-10-18-13-15(16(3,4)5)19-11-12-20-17(6,7)8;2*1-4-6(3)5-2/h2*14-15H,9-13H2,1-8H3;6H,4-5H2,1-3H3;4-5H2,1-3H3. The Balaban J connectivity index is -0.000000337. The molecule has 0 rings (SSSR count). The zero-order chi connectivity index (χ0) is 41.6. The van der Waals surface area contributed by atoms with Gasteiger partial charge in [0.05, 0.1) is 63.1 Å². The van der Waals surface area contributed by atoms with Crippen LogP contribution in [0, 0.1) is 28.6 Å². The summed E-state index contributed by atoms with van der Waals surface area (Å²) in [5.74, 6) is 2.30. The van der Waals surface area contributed by atoms with Crippen LogP contribution in [-0.2, 0) is 28.4 Å². The van der Waals surface area contributed by atoms with Crippen molar-refractivity contribution in [2.24, 2.45) is 28.6 Å². The number of ether oxygens (including phenoxy) is 6. The van der Waals surface area contributed by atoms with Crippen LogP contribution in [0.5, 0.6) is 0 Å². The molecule has 0 aliphatic carbocycles. The minimum atomic E-state index is -0.103. The minimum Gasteiger partial charge on any atom is -0.379 e. The van der Waals surface area contributed by atoms with Gasteiger partial charge >= 0.3 is 0 Å². The lowest BCUT2D eigenvalue weighted by molar-refractivity contribution is -0.100. The van der Waals surface area contributed by atoms with Crippen molar-refractivity contribution in [3.63, 3.8) is 0 Å². The summed E-state index contributed by atoms with van der Waals surface area (Å²) in [6, 6.07) is 0. The number of hydrogen-bond donors (Lipinski definition) is 0. The van der Waals surface area contributed by atoms with E-state index >= 15 is 0 Å². The molecule has 7 nitrogen and oxygen atoms in total. The molecule has 0 spiro atoms. The number of nitrogens with zero attached hydrogens (tertiary/aromatic N) is 1. The second-order valence-corrected chi connectivity index (χ2v) is 19.3. The summed E-state index contributed by atoms with van der Waals surface area (Å²) in [6.45, 7) is 53.1. The van der Waals surface area contributed by atoms with Crippen LogP contribution < -0.4 is 0 Å². The summed E-state index contributed by atoms with van der Waals surface area (Å²) in [4.78, 5) is 2.25. The fraction of sp³-hybridized carbons (Fsp3) is 1.00. The molecule has 7 heteroatoms. The molecular weight excluding hydrogens is 650 g/mol. The van der Waals surface area contributed by atoms with E-state index in [2.05, 4.69) is 157 Å². The average molecular weight is 750 g/mol. The van der Waals surface area contributed by atoms with Gasteiger partial charge in [0.2, 0.25) is 0 Å². The SMILES string of the molecule is CC(C)CCOC(COCCOC(C)(C)C)C(C)(C)C.CC(C)CCOCC(OCCOC(C)(C)C)C(C)(C)C.CCC(C)CC.CCN(C)CC. The molecule has 0 bridgehead atoms. The summed E-state index contributed by atoms with van der Waals surface area (Å²) in [7, 11) is 2.11. The monoisotopic (exact) mass is 750 g/mol. The fourth-order valence-corrected chi connectivity index (χ4v) is 3.70. The van der Waals surface area contributed by atoms with Crippen molar-refractivity contribution in [1.82, 2.24) is 4.90 Å². The molecule has 0 saturated carbocycles. The summed E-state index contributed by atoms with van der Waals surface area (Å²) in [5, 5.41) is 0. The van der Waals surface area contributed by atoms with Gasteiger partial charge in [-0.25, -0.2) is 0 Å². The van der Waals surface area contributed by atoms with Gasteiger partial charge in [-0.15, -0.1) is 0 Å². The van der Waals surface area contributed by atoms with E-state index in [9.17, 15) is 0 Å². The summed E-state index contributed by atoms with van der Waals surface area (Å²) < 4.78 is 34.8. The topological polar surface area (TPSA) is 58.6 Å². The normalized spacial score (nSPS) is 13.7. The Bertz CT molecular complexity index is 712. The van der Waals surface area contributed by atoms with Crippen molar-refractivity contribution in [2.75, 3.05) is 73.0 Å². The molecule has 0 aromatic rings. The zero-order valence-electron chi connectivity index (χ0n) is 39.7. The summed E-state index contributed by atoms with van der Waals surface area (Å²) in [5.41, 5.74) is -0.0175. The molecule has 2 atom stereocenters. The molecular formula is C45H99NO6. The quantitative estimate of drug-likeness (QED) is 0.102. The van der Waals surface area contributed by atoms with E-state index < -0.39 is 0 Å². The third kappa shape index (κ3) is 47.7. The molecule has 52 heavy (non-hydrogen) atoms. The van der Waals surface area contributed by atoms with Crippen molar-refractivity contribution in [3.05, 3.63) is 0 Å². The maximum atomic E-state index is 6.00. The van der Waals surface area contributed by atoms with Gasteiger partial charge in [-0.3, -0.25) is 0 Å². The van der Waals surface area contributed by atoms with Crippen molar-refractivity contribution >= 4 is 0 Å². The number of rotatable bonds is 22. The van der Waals surface area contributed by atoms with E-state index in [0.717, 1.165) is 45.1 Å². The largest absolute Gasteiger partial charge is 0.379 e. The lowest BCUT2D eigenvalue weighted by Gasteiger charge is -2.31. The second-order valence-electron chi connectivity index (χ2n) is 19.3. The number of hydrogen-bond acceptors (Lipinski definition) is 7. The van der Waals surface area contributed by atoms with E-state index in [0.29, 0.717) is 51.5 Å². The predicted molar refractivity (Wildman–Crippen MR) is 229 cm³/mol. The van der Waals surface area contributed by atoms with Gasteiger partial charge in [0.25, 0.3) is 0 Å². The van der Waals surface area contributed by atoms with Crippen LogP contribution in [0.15, 0.2) is 0 Å². The van der Waals surface area contributed by atoms with E-state index in [4.69, 9.17) is 28.4 Å². The lowest BCUT2D eigenvalue weighted by atomic mass is 9.89. The highest BCUT2D eigenvalue weighted by atomic mass is 16.6. The van der Waals surface area contributed by atoms with Crippen LogP contribution >= 0.6 is 0 Å². The second kappa shape index (κ2) is 32.9. The van der Waals surface area contributed by atoms with Crippen LogP contribution in [0.1, 0.15) is 171 Å². The molecule has 0 aromatic carbocycles. The Morgan fingerprint density at radius 2 is 0.808 bits per heavy atom. The van der Waals surface area contributed by atoms with Crippen LogP contribution in [0.3, 0.4) is 0 Å². The maximum absolute atomic E-state index is 6.00. The summed E-state index contributed by atoms with van der Waals surface area (Å²) in [6.07, 6.45) is 5.10. The van der Waals surface area contributed by atoms with Crippen LogP contribution in [0.2, 0.25) is 0 Å². The van der Waals surface area contributed by atoms with Gasteiger partial charge in [-0.2, -0.15) is 0 Å². The first kappa shape index (κ1) is 58.4. The molecule has 0 N–H and O–H groups in total. The molecule has 0 radical (unpaired) electrons. The van der Waals surface area contributed by atoms with E-state index in [1.165, 1.54) is 12.8 Å². The van der Waals surface area contributed by atoms with Gasteiger partial charge in [-0.05, 0) is 103 Å². The van der Waals surface area contributed by atoms with E-state index in [1.807, 2.05) is 0 Å². The highest BCUT2D eigenvalue weighted by molar-refractivity contribution is 4.75. The fourth-order valence-electron chi connectivity index (χ4n) is 3.70. The third-order valence-corrected chi connectivity index (χ3v) is 8.50. The van der Waals surface area contributed by atoms with Crippen molar-refractivity contribution in [1.29, 1.82) is 0 Å². The molecule has 0 heterocycles. The Morgan fingerprint density at radius 3 is 1.10 bits per heavy atom. The van der Waals surface area contributed by atoms with E-state index in [1.54, 1.807) is 0 Å². The summed E-state index contributed by atoms with van der Waals surface area (Å²) >= 11 is 0. The Kier molecular flexibility index (Phi) is 37.0. The highest BCUT2D eigenvalue weighted by Gasteiger charge is 2.27. The van der Waals surface area contributed by atoms with Gasteiger partial charge in [0.1, 0.15) is 0 Å². The van der Waals surface area contributed by atoms with Crippen molar-refractivity contribution in [3.8, 4) is 0 Å². The van der Waals surface area contributed by atoms with Crippen LogP contribution in [0.4, 0.5) is 0 Å². The first-order chi connectivity index (χ1) is 23.7. The molecule has 2 unspecified atom stereocenters. The lowest BCUT2D eigenvalue weighted by Crippen LogP contribution is -2.35. The molecule has 0 aromatic heterocycles. The smallest absolute Gasteiger partial charge is 0.0857 e. The van der Waals surface area contributed by atoms with Gasteiger partial charge in [-0.1, -0.05) is 117 Å². The molecule has 0 aliphatic heterocycles. The molecule has 0 fully saturated rings. The minimum absolute atomic E-state index is 0.0829. The van der Waals surface area contributed by atoms with Gasteiger partial charge < -0.3 is 33.3 Å². The molecule has 0 aliphatic rings. The zero-order valence-corrected chi connectivity index (χ0v) is 39.7. The molecule has 0 amide bonds. The first-order valence-electron chi connectivity index (χ1n) is 21.0. The Morgan fingerprint density at radius 1 is 0.462 bits per heavy atom. The van der Waals surface area contributed by atoms with Crippen LogP contribution in [-0.4, -0.2) is 101 Å². The first-order valence-corrected chi connectivity index (χ1v) is 21.0. The third-order valence-electron chi connectivity index (χ3n) is 8.50. The Hall–Kier alpha value is -0.280. The molecule has 320 valence electrons. The maximum Gasteiger partial charge on any atom is 0.0857 e. The van der Waals surface area contributed by atoms with Crippen molar-refractivity contribution in [2.45, 2.75) is 194 Å². The van der Waals surface area contributed by atoms with Crippen molar-refractivity contribution < 1.29 is 28.4 Å². The average Bonchev–Trinajstić information content (AvgIpc) is 3.00. The highest BCUT2D eigenvalue weighted by Crippen LogP contribution is 2.24. The van der Waals surface area contributed by atoms with Gasteiger partial charge in [0.15, 0.2) is 0 Å². The predicted octanol–water partition coefficient (Wildman–Crippen LogP) is 12.0.